The molecule has 3 rings (SSSR count). The Morgan fingerprint density at radius 2 is 1.56 bits per heavy atom. The van der Waals surface area contributed by atoms with Crippen LogP contribution in [0.1, 0.15) is 54.9 Å². The number of nitrogens with zero attached hydrogens (tertiary/aromatic N) is 2. The number of thioether (sulfide) groups is 2. The van der Waals surface area contributed by atoms with Crippen LogP contribution < -0.4 is 5.32 Å². The summed E-state index contributed by atoms with van der Waals surface area (Å²) in [5.41, 5.74) is 2.04. The second-order valence-electron chi connectivity index (χ2n) is 9.49. The third kappa shape index (κ3) is 9.73. The Morgan fingerprint density at radius 1 is 0.930 bits per heavy atom. The minimum Gasteiger partial charge on any atom is -0.462 e. The first kappa shape index (κ1) is 33.4. The van der Waals surface area contributed by atoms with Crippen LogP contribution in [0.4, 0.5) is 5.69 Å². The number of benzene rings is 2. The lowest BCUT2D eigenvalue weighted by atomic mass is 9.80. The van der Waals surface area contributed by atoms with E-state index in [0.717, 1.165) is 11.8 Å². The van der Waals surface area contributed by atoms with E-state index in [1.165, 1.54) is 18.2 Å². The number of rotatable bonds is 15. The molecule has 1 N–H and O–H groups in total. The lowest BCUT2D eigenvalue weighted by Gasteiger charge is -2.30. The molecule has 2 aromatic carbocycles. The van der Waals surface area contributed by atoms with Crippen molar-refractivity contribution in [1.82, 2.24) is 5.32 Å². The average molecular weight is 624 g/mol. The van der Waals surface area contributed by atoms with Crippen LogP contribution >= 0.6 is 23.5 Å². The van der Waals surface area contributed by atoms with Gasteiger partial charge in [0, 0.05) is 47.0 Å². The summed E-state index contributed by atoms with van der Waals surface area (Å²) in [6.45, 7) is 3.54. The molecule has 0 spiro atoms. The molecule has 2 aromatic rings. The normalized spacial score (nSPS) is 14.5. The summed E-state index contributed by atoms with van der Waals surface area (Å²) in [5, 5.41) is 23.2. The van der Waals surface area contributed by atoms with Crippen LogP contribution in [0.2, 0.25) is 0 Å². The maximum absolute atomic E-state index is 13.5. The molecule has 0 fully saturated rings. The van der Waals surface area contributed by atoms with Crippen LogP contribution in [0.3, 0.4) is 0 Å². The highest BCUT2D eigenvalue weighted by atomic mass is 32.2. The molecule has 0 bridgehead atoms. The lowest BCUT2D eigenvalue weighted by molar-refractivity contribution is -0.384. The predicted molar refractivity (Wildman–Crippen MR) is 166 cm³/mol. The molecule has 1 aliphatic heterocycles. The monoisotopic (exact) mass is 623 g/mol. The number of esters is 2. The molecule has 1 unspecified atom stereocenters. The zero-order valence-electron chi connectivity index (χ0n) is 24.0. The second-order valence-corrected chi connectivity index (χ2v) is 11.8. The highest BCUT2D eigenvalue weighted by Crippen LogP contribution is 2.40. The molecule has 0 radical (unpaired) electrons. The smallest absolute Gasteiger partial charge is 0.336 e. The lowest BCUT2D eigenvalue weighted by Crippen LogP contribution is -2.32. The van der Waals surface area contributed by atoms with Crippen molar-refractivity contribution >= 4 is 46.3 Å². The van der Waals surface area contributed by atoms with E-state index >= 15 is 0 Å². The highest BCUT2D eigenvalue weighted by molar-refractivity contribution is 8.14. The molecule has 1 aliphatic rings. The molecule has 43 heavy (non-hydrogen) atoms. The first-order valence-corrected chi connectivity index (χ1v) is 15.8. The maximum Gasteiger partial charge on any atom is 0.336 e. The number of nitrogens with one attached hydrogen (secondary N) is 1. The third-order valence-corrected chi connectivity index (χ3v) is 8.46. The summed E-state index contributed by atoms with van der Waals surface area (Å²) >= 11 is 2.73. The van der Waals surface area contributed by atoms with Crippen LogP contribution in [0, 0.1) is 21.4 Å². The molecule has 0 saturated carbocycles. The summed E-state index contributed by atoms with van der Waals surface area (Å²) < 4.78 is 11.1. The van der Waals surface area contributed by atoms with Gasteiger partial charge in [-0.3, -0.25) is 14.9 Å². The van der Waals surface area contributed by atoms with Gasteiger partial charge >= 0.3 is 11.9 Å². The first-order chi connectivity index (χ1) is 20.7. The summed E-state index contributed by atoms with van der Waals surface area (Å²) in [5.74, 6) is -0.419. The van der Waals surface area contributed by atoms with E-state index in [4.69, 9.17) is 14.7 Å². The van der Waals surface area contributed by atoms with Gasteiger partial charge in [-0.2, -0.15) is 17.0 Å². The number of carbonyl (C=O) groups excluding carboxylic acids is 3. The number of nitro benzene ring substituents is 1. The number of non-ortho nitro benzene ring substituents is 1. The fourth-order valence-corrected chi connectivity index (χ4v) is 5.95. The molecule has 0 aromatic heterocycles. The Morgan fingerprint density at radius 3 is 2.16 bits per heavy atom. The number of nitriles is 1. The molecule has 226 valence electrons. The van der Waals surface area contributed by atoms with Crippen molar-refractivity contribution in [2.24, 2.45) is 0 Å². The van der Waals surface area contributed by atoms with Gasteiger partial charge in [-0.25, -0.2) is 9.59 Å². The molecule has 0 aliphatic carbocycles. The first-order valence-electron chi connectivity index (χ1n) is 13.7. The average Bonchev–Trinajstić information content (AvgIpc) is 3.00. The van der Waals surface area contributed by atoms with Crippen molar-refractivity contribution in [3.8, 4) is 6.07 Å². The molecular formula is C31H33N3O7S2. The van der Waals surface area contributed by atoms with Crippen molar-refractivity contribution in [2.45, 2.75) is 39.0 Å². The SMILES string of the molecule is CC1=C(C(=O)OCCCSCCC#N)C(c2cccc([N+](=O)[O-])c2)C(C(=O)OCCCSC(=O)c2ccccc2)=C(C)N1. The van der Waals surface area contributed by atoms with Crippen molar-refractivity contribution in [3.05, 3.63) is 98.4 Å². The van der Waals surface area contributed by atoms with Crippen LogP contribution in [0.5, 0.6) is 0 Å². The van der Waals surface area contributed by atoms with Gasteiger partial charge in [0.05, 0.1) is 41.3 Å². The maximum atomic E-state index is 13.5. The number of dihydropyridines is 1. The van der Waals surface area contributed by atoms with Crippen LogP contribution in [-0.4, -0.2) is 52.4 Å². The Balaban J connectivity index is 1.73. The molecule has 1 atom stereocenters. The van der Waals surface area contributed by atoms with Gasteiger partial charge < -0.3 is 14.8 Å². The van der Waals surface area contributed by atoms with Gasteiger partial charge in [0.1, 0.15) is 0 Å². The minimum atomic E-state index is -0.958. The van der Waals surface area contributed by atoms with E-state index in [0.29, 0.717) is 59.0 Å². The van der Waals surface area contributed by atoms with Gasteiger partial charge in [0.2, 0.25) is 5.12 Å². The van der Waals surface area contributed by atoms with Gasteiger partial charge in [-0.05, 0) is 38.0 Å². The predicted octanol–water partition coefficient (Wildman–Crippen LogP) is 5.92. The van der Waals surface area contributed by atoms with Crippen molar-refractivity contribution < 1.29 is 28.8 Å². The largest absolute Gasteiger partial charge is 0.462 e. The van der Waals surface area contributed by atoms with Gasteiger partial charge in [0.25, 0.3) is 5.69 Å². The highest BCUT2D eigenvalue weighted by Gasteiger charge is 2.38. The third-order valence-electron chi connectivity index (χ3n) is 6.40. The molecule has 1 heterocycles. The van der Waals surface area contributed by atoms with Crippen molar-refractivity contribution in [1.29, 1.82) is 5.26 Å². The van der Waals surface area contributed by atoms with E-state index in [9.17, 15) is 24.5 Å². The van der Waals surface area contributed by atoms with Crippen LogP contribution in [0.15, 0.2) is 77.1 Å². The molecule has 0 saturated heterocycles. The fourth-order valence-electron chi connectivity index (χ4n) is 4.43. The zero-order valence-corrected chi connectivity index (χ0v) is 25.6. The summed E-state index contributed by atoms with van der Waals surface area (Å²) in [6, 6.07) is 16.8. The molecule has 0 amide bonds. The number of allylic oxidation sites excluding steroid dienone is 2. The summed E-state index contributed by atoms with van der Waals surface area (Å²) in [7, 11) is 0. The fraction of sp³-hybridized carbons (Fsp3) is 0.355. The topological polar surface area (TPSA) is 149 Å². The van der Waals surface area contributed by atoms with E-state index in [2.05, 4.69) is 11.4 Å². The van der Waals surface area contributed by atoms with Gasteiger partial charge in [-0.15, -0.1) is 0 Å². The molecule has 10 nitrogen and oxygen atoms in total. The Hall–Kier alpha value is -4.08. The van der Waals surface area contributed by atoms with Gasteiger partial charge in [0.15, 0.2) is 0 Å². The van der Waals surface area contributed by atoms with Gasteiger partial charge in [-0.1, -0.05) is 54.2 Å². The molecular weight excluding hydrogens is 590 g/mol. The molecule has 12 heteroatoms. The number of hydrogen-bond donors (Lipinski definition) is 1. The Kier molecular flexibility index (Phi) is 13.3. The summed E-state index contributed by atoms with van der Waals surface area (Å²) in [6.07, 6.45) is 1.45. The van der Waals surface area contributed by atoms with E-state index in [1.807, 2.05) is 6.07 Å². The number of ether oxygens (including phenoxy) is 2. The minimum absolute atomic E-state index is 0.0400. The van der Waals surface area contributed by atoms with Crippen LogP contribution in [0.25, 0.3) is 0 Å². The van der Waals surface area contributed by atoms with Crippen molar-refractivity contribution in [3.63, 3.8) is 0 Å². The zero-order chi connectivity index (χ0) is 31.2. The standard InChI is InChI=1S/C31H33N3O7S2/c1-21-26(29(35)40-15-8-18-42-17-7-14-32)28(24-12-6-13-25(20-24)34(38)39)27(22(2)33-21)30(36)41-16-9-19-43-31(37)23-10-4-3-5-11-23/h3-6,10-13,20,28,33H,7-9,15-19H2,1-2H3. The van der Waals surface area contributed by atoms with E-state index in [-0.39, 0.29) is 35.2 Å². The summed E-state index contributed by atoms with van der Waals surface area (Å²) in [4.78, 5) is 50.2. The second kappa shape index (κ2) is 17.1. The number of hydrogen-bond acceptors (Lipinski definition) is 11. The van der Waals surface area contributed by atoms with Crippen molar-refractivity contribution in [2.75, 3.05) is 30.5 Å². The number of nitro groups is 1. The Bertz CT molecular complexity index is 1430. The quantitative estimate of drug-likeness (QED) is 0.109. The van der Waals surface area contributed by atoms with E-state index < -0.39 is 22.8 Å². The van der Waals surface area contributed by atoms with Crippen LogP contribution in [-0.2, 0) is 19.1 Å². The van der Waals surface area contributed by atoms with E-state index in [1.54, 1.807) is 55.9 Å². The number of carbonyl (C=O) groups is 3. The Labute approximate surface area is 259 Å².